The van der Waals surface area contributed by atoms with E-state index in [0.29, 0.717) is 28.2 Å². The number of nitrogens with zero attached hydrogens (tertiary/aromatic N) is 6. The van der Waals surface area contributed by atoms with E-state index in [9.17, 15) is 28.8 Å². The van der Waals surface area contributed by atoms with Gasteiger partial charge in [-0.1, -0.05) is 12.8 Å². The van der Waals surface area contributed by atoms with Crippen LogP contribution >= 0.6 is 23.5 Å². The molecule has 27 heteroatoms. The van der Waals surface area contributed by atoms with Gasteiger partial charge in [0.25, 0.3) is 11.1 Å². The lowest BCUT2D eigenvalue weighted by molar-refractivity contribution is -0.145. The molecule has 4 amide bonds. The number of imidazole rings is 2. The zero-order valence-corrected chi connectivity index (χ0v) is 35.8. The molecular formula is C36H52N14O11S2. The molecule has 4 aliphatic heterocycles. The number of H-pyrrole nitrogens is 2. The molecule has 4 aliphatic rings. The number of urea groups is 2. The van der Waals surface area contributed by atoms with E-state index in [1.807, 2.05) is 23.5 Å². The summed E-state index contributed by atoms with van der Waals surface area (Å²) in [6, 6.07) is 0.775. The summed E-state index contributed by atoms with van der Waals surface area (Å²) in [6.07, 6.45) is 8.73. The molecule has 0 spiro atoms. The number of fused-ring (bicyclic) bond motifs is 4. The quantitative estimate of drug-likeness (QED) is 0.0319. The third-order valence-corrected chi connectivity index (χ3v) is 13.3. The summed E-state index contributed by atoms with van der Waals surface area (Å²) in [5, 5.41) is 29.6. The van der Waals surface area contributed by atoms with Gasteiger partial charge in [0.05, 0.1) is 56.6 Å². The number of amides is 4. The van der Waals surface area contributed by atoms with Crippen LogP contribution in [0.25, 0.3) is 22.3 Å². The van der Waals surface area contributed by atoms with E-state index in [2.05, 4.69) is 51.2 Å². The highest BCUT2D eigenvalue weighted by Crippen LogP contribution is 2.34. The summed E-state index contributed by atoms with van der Waals surface area (Å²) in [5.74, 6) is 0.946. The number of hydrogen-bond acceptors (Lipinski definition) is 18. The van der Waals surface area contributed by atoms with Gasteiger partial charge in [-0.25, -0.2) is 19.6 Å². The predicted molar refractivity (Wildman–Crippen MR) is 231 cm³/mol. The normalized spacial score (nSPS) is 21.9. The number of nitrogens with two attached hydrogens (primary N) is 2. The molecular weight excluding hydrogens is 869 g/mol. The second-order valence-corrected chi connectivity index (χ2v) is 17.4. The number of carbonyl (C=O) groups excluding carboxylic acids is 3. The molecule has 0 bridgehead atoms. The number of thioether (sulfide) groups is 2. The molecule has 0 radical (unpaired) electrons. The molecule has 0 aliphatic carbocycles. The number of nitrogen functional groups attached to an aromatic ring is 2. The molecule has 0 aromatic carbocycles. The van der Waals surface area contributed by atoms with Crippen molar-refractivity contribution in [2.24, 2.45) is 0 Å². The standard InChI is InChI=1S/C18H25N7O5S.C10H16N2O3S.C8H11N5O3/c19-17-23-15-14(16(27)24-17)20-8-25(15)9-29-5-6-30-12(26)4-2-1-3-11-13-10(7-31-11)21-18(28)22-13;13-8(14)4-2-1-3-7-9-6(5-16-7)11-10(15)12-9;9-8-11-6-5(7(15)12-8)10-3-13(6)4-16-2-1-14/h8,10-11,13H,1-7,9H2,(H2,21,22,28)(H3,19,23,24,27);6-7,9H,1-5H2,(H,13,14)(H2,11,12,15);3,14H,1-2,4H2,(H3,9,11,12,15)/t10-,11-,13-;6-,7-,9-;/m00./s1. The van der Waals surface area contributed by atoms with Crippen LogP contribution in [-0.2, 0) is 37.3 Å². The topological polar surface area (TPSA) is 364 Å². The van der Waals surface area contributed by atoms with Crippen LogP contribution in [0, 0.1) is 0 Å². The molecule has 0 unspecified atom stereocenters. The second kappa shape index (κ2) is 22.6. The van der Waals surface area contributed by atoms with Crippen molar-refractivity contribution in [3.05, 3.63) is 33.4 Å². The van der Waals surface area contributed by atoms with Crippen LogP contribution in [0.4, 0.5) is 21.5 Å². The average molecular weight is 921 g/mol. The van der Waals surface area contributed by atoms with Crippen LogP contribution in [0.2, 0.25) is 0 Å². The number of aromatic nitrogens is 8. The van der Waals surface area contributed by atoms with Gasteiger partial charge in [0, 0.05) is 34.8 Å². The maximum absolute atomic E-state index is 11.9. The summed E-state index contributed by atoms with van der Waals surface area (Å²) in [5.41, 5.74) is 11.3. The number of aliphatic hydroxyl groups excluding tert-OH is 1. The highest BCUT2D eigenvalue weighted by atomic mass is 32.2. The van der Waals surface area contributed by atoms with Crippen molar-refractivity contribution < 1.29 is 43.6 Å². The Morgan fingerprint density at radius 1 is 0.714 bits per heavy atom. The van der Waals surface area contributed by atoms with Gasteiger partial charge < -0.3 is 57.2 Å². The van der Waals surface area contributed by atoms with Crippen LogP contribution in [0.15, 0.2) is 22.2 Å². The van der Waals surface area contributed by atoms with Crippen LogP contribution in [0.1, 0.15) is 51.4 Å². The Hall–Kier alpha value is -5.64. The molecule has 8 heterocycles. The predicted octanol–water partition coefficient (Wildman–Crippen LogP) is -0.590. The Morgan fingerprint density at radius 3 is 1.70 bits per heavy atom. The third-order valence-electron chi connectivity index (χ3n) is 10.3. The van der Waals surface area contributed by atoms with Gasteiger partial charge in [0.2, 0.25) is 11.9 Å². The summed E-state index contributed by atoms with van der Waals surface area (Å²) in [6.45, 7) is 0.755. The zero-order valence-electron chi connectivity index (χ0n) is 34.2. The lowest BCUT2D eigenvalue weighted by atomic mass is 10.0. The third kappa shape index (κ3) is 13.0. The molecule has 25 nitrogen and oxygen atoms in total. The lowest BCUT2D eigenvalue weighted by Gasteiger charge is -2.16. The number of nitrogens with one attached hydrogen (secondary N) is 6. The van der Waals surface area contributed by atoms with Crippen molar-refractivity contribution in [1.82, 2.24) is 60.3 Å². The first-order valence-electron chi connectivity index (χ1n) is 20.3. The van der Waals surface area contributed by atoms with E-state index in [4.69, 9.17) is 35.9 Å². The number of anilines is 2. The van der Waals surface area contributed by atoms with Crippen LogP contribution in [0.3, 0.4) is 0 Å². The lowest BCUT2D eigenvalue weighted by Crippen LogP contribution is -2.36. The van der Waals surface area contributed by atoms with E-state index in [1.54, 1.807) is 4.57 Å². The van der Waals surface area contributed by atoms with Gasteiger partial charge in [-0.15, -0.1) is 0 Å². The number of rotatable bonds is 19. The maximum Gasteiger partial charge on any atom is 0.315 e. The number of aliphatic hydroxyl groups is 1. The number of aliphatic carboxylic acids is 1. The summed E-state index contributed by atoms with van der Waals surface area (Å²) >= 11 is 3.74. The molecule has 4 aromatic heterocycles. The SMILES string of the molecule is Nc1nc2c(ncn2COCCO)c(=O)[nH]1.Nc1nc2c(ncn2COCCOC(=O)CCCC[C@@H]2SC[C@@H]3NC(=O)N[C@@H]32)c(=O)[nH]1.O=C(O)CCCC[C@@H]1SC[C@@H]2NC(=O)N[C@@H]21. The first-order valence-corrected chi connectivity index (χ1v) is 22.4. The van der Waals surface area contributed by atoms with Crippen molar-refractivity contribution in [3.63, 3.8) is 0 Å². The molecule has 63 heavy (non-hydrogen) atoms. The van der Waals surface area contributed by atoms with Gasteiger partial charge in [0.15, 0.2) is 22.3 Å². The maximum atomic E-state index is 11.9. The van der Waals surface area contributed by atoms with Crippen molar-refractivity contribution in [2.75, 3.05) is 49.4 Å². The Kier molecular flexibility index (Phi) is 16.8. The van der Waals surface area contributed by atoms with E-state index in [1.165, 1.54) is 17.2 Å². The number of ether oxygens (including phenoxy) is 3. The van der Waals surface area contributed by atoms with Crippen LogP contribution in [-0.4, -0.2) is 146 Å². The summed E-state index contributed by atoms with van der Waals surface area (Å²) in [4.78, 5) is 88.5. The number of carbonyl (C=O) groups is 4. The second-order valence-electron chi connectivity index (χ2n) is 14.8. The number of hydrogen-bond donors (Lipinski definition) is 10. The van der Waals surface area contributed by atoms with Gasteiger partial charge in [-0.05, 0) is 25.7 Å². The van der Waals surface area contributed by atoms with Crippen LogP contribution in [0.5, 0.6) is 0 Å². The smallest absolute Gasteiger partial charge is 0.315 e. The van der Waals surface area contributed by atoms with E-state index < -0.39 is 11.5 Å². The Bertz CT molecular complexity index is 2320. The minimum Gasteiger partial charge on any atom is -0.481 e. The molecule has 0 saturated carbocycles. The fourth-order valence-corrected chi connectivity index (χ4v) is 10.4. The largest absolute Gasteiger partial charge is 0.481 e. The molecule has 4 fully saturated rings. The fourth-order valence-electron chi connectivity index (χ4n) is 7.33. The molecule has 8 rings (SSSR count). The zero-order chi connectivity index (χ0) is 44.9. The first-order chi connectivity index (χ1) is 30.4. The van der Waals surface area contributed by atoms with Gasteiger partial charge in [0.1, 0.15) is 20.1 Å². The average Bonchev–Trinajstić information content (AvgIpc) is 4.10. The highest BCUT2D eigenvalue weighted by molar-refractivity contribution is 8.00. The van der Waals surface area contributed by atoms with E-state index in [0.717, 1.165) is 50.0 Å². The molecule has 6 atom stereocenters. The van der Waals surface area contributed by atoms with Crippen molar-refractivity contribution in [3.8, 4) is 0 Å². The number of esters is 1. The molecule has 344 valence electrons. The van der Waals surface area contributed by atoms with Gasteiger partial charge in [-0.2, -0.15) is 33.5 Å². The van der Waals surface area contributed by atoms with Crippen molar-refractivity contribution in [1.29, 1.82) is 0 Å². The molecule has 4 saturated heterocycles. The molecule has 12 N–H and O–H groups in total. The Balaban J connectivity index is 0.000000173. The number of carboxylic acids is 1. The van der Waals surface area contributed by atoms with E-state index >= 15 is 0 Å². The number of aromatic amines is 2. The summed E-state index contributed by atoms with van der Waals surface area (Å²) in [7, 11) is 0. The summed E-state index contributed by atoms with van der Waals surface area (Å²) < 4.78 is 18.8. The fraction of sp³-hybridized carbons (Fsp3) is 0.611. The number of unbranched alkanes of at least 4 members (excludes halogenated alkanes) is 2. The Morgan fingerprint density at radius 2 is 1.21 bits per heavy atom. The van der Waals surface area contributed by atoms with Crippen molar-refractivity contribution >= 4 is 81.7 Å². The highest BCUT2D eigenvalue weighted by Gasteiger charge is 2.43. The Labute approximate surface area is 367 Å². The van der Waals surface area contributed by atoms with Crippen molar-refractivity contribution in [2.45, 2.75) is 99.5 Å². The minimum atomic E-state index is -0.729. The van der Waals surface area contributed by atoms with E-state index in [-0.39, 0.29) is 117 Å². The van der Waals surface area contributed by atoms with Gasteiger partial charge in [-0.3, -0.25) is 38.3 Å². The van der Waals surface area contributed by atoms with Gasteiger partial charge >= 0.3 is 24.0 Å². The van der Waals surface area contributed by atoms with Crippen LogP contribution < -0.4 is 43.9 Å². The minimum absolute atomic E-state index is 0.00387. The molecule has 4 aromatic rings. The number of carboxylic acid groups (broad SMARTS) is 1. The first kappa shape index (κ1) is 46.9. The monoisotopic (exact) mass is 920 g/mol.